The number of benzene rings is 9. The maximum absolute atomic E-state index is 7.14. The third-order valence-corrected chi connectivity index (χ3v) is 11.2. The van der Waals surface area contributed by atoms with E-state index in [0.717, 1.165) is 66.8 Å². The number of hydrogen-bond donors (Lipinski definition) is 0. The molecule has 0 aliphatic carbocycles. The molecule has 0 N–H and O–H groups in total. The second-order valence-corrected chi connectivity index (χ2v) is 14.5. The van der Waals surface area contributed by atoms with Gasteiger partial charge >= 0.3 is 0 Å². The highest BCUT2D eigenvalue weighted by atomic mass is 16.3. The van der Waals surface area contributed by atoms with Crippen LogP contribution >= 0.6 is 0 Å². The highest BCUT2D eigenvalue weighted by Crippen LogP contribution is 2.45. The lowest BCUT2D eigenvalue weighted by Crippen LogP contribution is -2.09. The summed E-state index contributed by atoms with van der Waals surface area (Å²) in [5.41, 5.74) is 15.2. The van der Waals surface area contributed by atoms with E-state index in [2.05, 4.69) is 228 Å². The molecule has 0 aliphatic rings. The van der Waals surface area contributed by atoms with E-state index in [0.29, 0.717) is 0 Å². The topological polar surface area (TPSA) is 21.3 Å². The fourth-order valence-corrected chi connectivity index (χ4v) is 8.52. The van der Waals surface area contributed by atoms with Gasteiger partial charge in [0.2, 0.25) is 0 Å². The summed E-state index contributed by atoms with van der Waals surface area (Å²) in [6, 6.07) is 77.9. The second kappa shape index (κ2) is 13.6. The first-order valence-electron chi connectivity index (χ1n) is 19.4. The van der Waals surface area contributed by atoms with Gasteiger partial charge in [0.25, 0.3) is 0 Å². The number of aromatic nitrogens is 1. The van der Waals surface area contributed by atoms with Crippen LogP contribution in [0.25, 0.3) is 82.8 Å². The summed E-state index contributed by atoms with van der Waals surface area (Å²) < 4.78 is 9.50. The van der Waals surface area contributed by atoms with Gasteiger partial charge in [-0.2, -0.15) is 0 Å². The van der Waals surface area contributed by atoms with Crippen molar-refractivity contribution in [2.45, 2.75) is 0 Å². The van der Waals surface area contributed by atoms with Crippen molar-refractivity contribution < 1.29 is 4.42 Å². The van der Waals surface area contributed by atoms with Crippen molar-refractivity contribution in [1.82, 2.24) is 4.57 Å². The van der Waals surface area contributed by atoms with Crippen LogP contribution in [-0.4, -0.2) is 4.57 Å². The largest absolute Gasteiger partial charge is 0.454 e. The van der Waals surface area contributed by atoms with Crippen molar-refractivity contribution in [3.05, 3.63) is 218 Å². The van der Waals surface area contributed by atoms with Crippen molar-refractivity contribution in [3.63, 3.8) is 0 Å². The molecule has 268 valence electrons. The first-order valence-corrected chi connectivity index (χ1v) is 19.4. The van der Waals surface area contributed by atoms with Gasteiger partial charge in [0.1, 0.15) is 5.58 Å². The molecule has 0 atom stereocenters. The first-order chi connectivity index (χ1) is 28.3. The highest BCUT2D eigenvalue weighted by molar-refractivity contribution is 6.17. The summed E-state index contributed by atoms with van der Waals surface area (Å²) >= 11 is 0. The fourth-order valence-electron chi connectivity index (χ4n) is 8.52. The third-order valence-electron chi connectivity index (χ3n) is 11.2. The zero-order valence-corrected chi connectivity index (χ0v) is 31.1. The maximum atomic E-state index is 7.14. The monoisotopic (exact) mass is 728 g/mol. The number of para-hydroxylation sites is 2. The van der Waals surface area contributed by atoms with Crippen LogP contribution < -0.4 is 4.90 Å². The van der Waals surface area contributed by atoms with Crippen LogP contribution in [0, 0.1) is 0 Å². The summed E-state index contributed by atoms with van der Waals surface area (Å²) in [5.74, 6) is 0. The quantitative estimate of drug-likeness (QED) is 0.163. The zero-order valence-electron chi connectivity index (χ0n) is 31.1. The van der Waals surface area contributed by atoms with Crippen molar-refractivity contribution in [3.8, 4) is 39.1 Å². The first kappa shape index (κ1) is 32.8. The van der Waals surface area contributed by atoms with Crippen LogP contribution in [0.5, 0.6) is 0 Å². The Morgan fingerprint density at radius 2 is 0.807 bits per heavy atom. The standard InChI is InChI=1S/C54H36N2O/c1-4-14-37(15-5-1)39-24-28-42(29-25-39)55(43-30-26-40(27-31-43)38-16-6-2-7-17-38)44-32-33-48-52(36-44)57-54-51(35-34-45(53(48)54)41-18-8-3-9-19-41)56-49-22-12-10-20-46(49)47-21-11-13-23-50(47)56/h1-36H. The lowest BCUT2D eigenvalue weighted by molar-refractivity contribution is 0.666. The minimum absolute atomic E-state index is 0.833. The molecule has 3 heteroatoms. The molecule has 0 aliphatic heterocycles. The molecular formula is C54H36N2O. The lowest BCUT2D eigenvalue weighted by Gasteiger charge is -2.26. The summed E-state index contributed by atoms with van der Waals surface area (Å²) in [4.78, 5) is 2.32. The zero-order chi connectivity index (χ0) is 37.7. The Morgan fingerprint density at radius 1 is 0.351 bits per heavy atom. The van der Waals surface area contributed by atoms with E-state index >= 15 is 0 Å². The second-order valence-electron chi connectivity index (χ2n) is 14.5. The van der Waals surface area contributed by atoms with Gasteiger partial charge in [-0.3, -0.25) is 0 Å². The number of nitrogens with zero attached hydrogens (tertiary/aromatic N) is 2. The normalized spacial score (nSPS) is 11.5. The van der Waals surface area contributed by atoms with Gasteiger partial charge in [-0.1, -0.05) is 158 Å². The molecule has 0 bridgehead atoms. The summed E-state index contributed by atoms with van der Waals surface area (Å²) in [5, 5.41) is 4.63. The minimum Gasteiger partial charge on any atom is -0.454 e. The molecule has 0 radical (unpaired) electrons. The molecule has 0 unspecified atom stereocenters. The average molecular weight is 729 g/mol. The van der Waals surface area contributed by atoms with E-state index in [9.17, 15) is 0 Å². The Kier molecular flexibility index (Phi) is 7.82. The predicted molar refractivity (Wildman–Crippen MR) is 239 cm³/mol. The van der Waals surface area contributed by atoms with Gasteiger partial charge in [0.05, 0.1) is 16.7 Å². The Labute approximate surface area is 330 Å². The van der Waals surface area contributed by atoms with Crippen LogP contribution in [0.15, 0.2) is 223 Å². The van der Waals surface area contributed by atoms with Crippen LogP contribution in [0.1, 0.15) is 0 Å². The van der Waals surface area contributed by atoms with Gasteiger partial charge in [0.15, 0.2) is 5.58 Å². The number of furan rings is 1. The summed E-state index contributed by atoms with van der Waals surface area (Å²) in [6.45, 7) is 0. The van der Waals surface area contributed by atoms with Gasteiger partial charge in [0, 0.05) is 44.7 Å². The molecule has 11 aromatic rings. The molecule has 2 heterocycles. The molecule has 0 fully saturated rings. The van der Waals surface area contributed by atoms with Gasteiger partial charge in [-0.15, -0.1) is 0 Å². The summed E-state index contributed by atoms with van der Waals surface area (Å²) in [6.07, 6.45) is 0. The Morgan fingerprint density at radius 3 is 1.35 bits per heavy atom. The van der Waals surface area contributed by atoms with E-state index in [1.165, 1.54) is 33.0 Å². The molecule has 0 saturated carbocycles. The van der Waals surface area contributed by atoms with Gasteiger partial charge in [-0.25, -0.2) is 0 Å². The van der Waals surface area contributed by atoms with Gasteiger partial charge < -0.3 is 13.9 Å². The van der Waals surface area contributed by atoms with Gasteiger partial charge in [-0.05, 0) is 88.0 Å². The highest BCUT2D eigenvalue weighted by Gasteiger charge is 2.22. The Bertz CT molecular complexity index is 3060. The number of rotatable bonds is 7. The van der Waals surface area contributed by atoms with Crippen LogP contribution in [0.2, 0.25) is 0 Å². The van der Waals surface area contributed by atoms with E-state index in [-0.39, 0.29) is 0 Å². The van der Waals surface area contributed by atoms with Crippen LogP contribution in [-0.2, 0) is 0 Å². The van der Waals surface area contributed by atoms with Crippen LogP contribution in [0.4, 0.5) is 17.1 Å². The Balaban J connectivity index is 1.12. The third kappa shape index (κ3) is 5.60. The minimum atomic E-state index is 0.833. The molecule has 9 aromatic carbocycles. The maximum Gasteiger partial charge on any atom is 0.160 e. The number of hydrogen-bond acceptors (Lipinski definition) is 2. The van der Waals surface area contributed by atoms with E-state index in [1.54, 1.807) is 0 Å². The Hall–Kier alpha value is -7.62. The van der Waals surface area contributed by atoms with E-state index in [4.69, 9.17) is 4.42 Å². The van der Waals surface area contributed by atoms with Crippen molar-refractivity contribution in [2.75, 3.05) is 4.90 Å². The fraction of sp³-hybridized carbons (Fsp3) is 0. The molecule has 3 nitrogen and oxygen atoms in total. The smallest absolute Gasteiger partial charge is 0.160 e. The molecule has 0 spiro atoms. The number of fused-ring (bicyclic) bond motifs is 6. The molecule has 11 rings (SSSR count). The predicted octanol–water partition coefficient (Wildman–Crippen LogP) is 15.2. The molecular weight excluding hydrogens is 693 g/mol. The van der Waals surface area contributed by atoms with E-state index < -0.39 is 0 Å². The van der Waals surface area contributed by atoms with Crippen molar-refractivity contribution in [2.24, 2.45) is 0 Å². The molecule has 0 saturated heterocycles. The van der Waals surface area contributed by atoms with Crippen molar-refractivity contribution >= 4 is 60.8 Å². The summed E-state index contributed by atoms with van der Waals surface area (Å²) in [7, 11) is 0. The molecule has 2 aromatic heterocycles. The average Bonchev–Trinajstić information content (AvgIpc) is 3.84. The molecule has 57 heavy (non-hydrogen) atoms. The molecule has 0 amide bonds. The lowest BCUT2D eigenvalue weighted by atomic mass is 9.98. The van der Waals surface area contributed by atoms with Crippen LogP contribution in [0.3, 0.4) is 0 Å². The number of anilines is 3. The SMILES string of the molecule is c1ccc(-c2ccc(N(c3ccc(-c4ccccc4)cc3)c3ccc4c(c3)oc3c(-n5c6ccccc6c6ccccc65)ccc(-c5ccccc5)c34)cc2)cc1. The van der Waals surface area contributed by atoms with Crippen molar-refractivity contribution in [1.29, 1.82) is 0 Å². The van der Waals surface area contributed by atoms with E-state index in [1.807, 2.05) is 0 Å².